The van der Waals surface area contributed by atoms with Crippen molar-refractivity contribution >= 4 is 52.3 Å². The van der Waals surface area contributed by atoms with Gasteiger partial charge in [-0.3, -0.25) is 24.6 Å². The molecule has 2 aliphatic heterocycles. The number of aromatic nitrogens is 1. The zero-order valence-corrected chi connectivity index (χ0v) is 16.4. The Hall–Kier alpha value is -2.29. The largest absolute Gasteiger partial charge is 0.301 e. The number of nitrogens with one attached hydrogen (secondary N) is 1. The van der Waals surface area contributed by atoms with Gasteiger partial charge in [0.2, 0.25) is 11.8 Å². The Bertz CT molecular complexity index is 898. The molecule has 7 nitrogen and oxygen atoms in total. The third-order valence-corrected chi connectivity index (χ3v) is 5.56. The van der Waals surface area contributed by atoms with Crippen LogP contribution in [0.3, 0.4) is 0 Å². The van der Waals surface area contributed by atoms with Crippen LogP contribution in [0.2, 0.25) is 0 Å². The molecule has 142 valence electrons. The Morgan fingerprint density at radius 3 is 2.67 bits per heavy atom. The minimum Gasteiger partial charge on any atom is -0.301 e. The summed E-state index contributed by atoms with van der Waals surface area (Å²) in [6, 6.07) is 6.56. The summed E-state index contributed by atoms with van der Waals surface area (Å²) in [6.07, 6.45) is 1.32. The fourth-order valence-electron chi connectivity index (χ4n) is 3.20. The Balaban J connectivity index is 0.00000210. The lowest BCUT2D eigenvalue weighted by Crippen LogP contribution is -2.28. The molecule has 1 fully saturated rings. The first-order chi connectivity index (χ1) is 12.5. The molecular weight excluding hydrogens is 388 g/mol. The number of benzene rings is 1. The first kappa shape index (κ1) is 19.5. The summed E-state index contributed by atoms with van der Waals surface area (Å²) < 4.78 is 0. The molecule has 0 spiro atoms. The van der Waals surface area contributed by atoms with E-state index in [0.29, 0.717) is 16.4 Å². The maximum absolute atomic E-state index is 12.6. The third-order valence-electron chi connectivity index (χ3n) is 4.56. The fourth-order valence-corrected chi connectivity index (χ4v) is 4.28. The number of anilines is 2. The van der Waals surface area contributed by atoms with Crippen LogP contribution in [-0.4, -0.2) is 41.2 Å². The molecule has 0 radical (unpaired) electrons. The zero-order chi connectivity index (χ0) is 18.3. The number of carbonyl (C=O) groups excluding carboxylic acids is 3. The molecule has 1 aromatic heterocycles. The number of amides is 3. The van der Waals surface area contributed by atoms with Gasteiger partial charge in [0.25, 0.3) is 5.91 Å². The van der Waals surface area contributed by atoms with Gasteiger partial charge in [-0.15, -0.1) is 23.7 Å². The summed E-state index contributed by atoms with van der Waals surface area (Å²) in [7, 11) is 2.06. The number of hydrogen-bond donors (Lipinski definition) is 1. The van der Waals surface area contributed by atoms with E-state index in [1.807, 2.05) is 0 Å². The van der Waals surface area contributed by atoms with Crippen LogP contribution in [0, 0.1) is 0 Å². The third kappa shape index (κ3) is 3.87. The average Bonchev–Trinajstić information content (AvgIpc) is 3.16. The molecule has 1 saturated heterocycles. The highest BCUT2D eigenvalue weighted by Crippen LogP contribution is 2.28. The van der Waals surface area contributed by atoms with Crippen LogP contribution in [-0.2, 0) is 22.6 Å². The normalized spacial score (nSPS) is 16.9. The molecular formula is C18H19ClN4O3S. The molecule has 0 atom stereocenters. The lowest BCUT2D eigenvalue weighted by Gasteiger charge is -2.20. The van der Waals surface area contributed by atoms with Crippen LogP contribution < -0.4 is 10.2 Å². The van der Waals surface area contributed by atoms with E-state index in [0.717, 1.165) is 30.1 Å². The molecule has 1 N–H and O–H groups in total. The Labute approximate surface area is 166 Å². The Kier molecular flexibility index (Phi) is 5.59. The highest BCUT2D eigenvalue weighted by Gasteiger charge is 2.30. The molecule has 27 heavy (non-hydrogen) atoms. The van der Waals surface area contributed by atoms with Crippen molar-refractivity contribution in [1.82, 2.24) is 9.88 Å². The van der Waals surface area contributed by atoms with Crippen LogP contribution >= 0.6 is 23.7 Å². The lowest BCUT2D eigenvalue weighted by molar-refractivity contribution is -0.121. The topological polar surface area (TPSA) is 82.6 Å². The standard InChI is InChI=1S/C18H18N4O3S.ClH/c1-21-8-7-13-14(10-21)26-18(19-13)20-17(25)11-3-2-4-12(9-11)22-15(23)5-6-16(22)24;/h2-4,9H,5-8,10H2,1H3,(H,19,20,25);1H. The zero-order valence-electron chi connectivity index (χ0n) is 14.7. The highest BCUT2D eigenvalue weighted by atomic mass is 35.5. The van der Waals surface area contributed by atoms with Crippen LogP contribution in [0.15, 0.2) is 24.3 Å². The van der Waals surface area contributed by atoms with E-state index in [9.17, 15) is 14.4 Å². The van der Waals surface area contributed by atoms with Crippen molar-refractivity contribution in [2.24, 2.45) is 0 Å². The molecule has 4 rings (SSSR count). The van der Waals surface area contributed by atoms with Crippen molar-refractivity contribution < 1.29 is 14.4 Å². The van der Waals surface area contributed by atoms with E-state index in [1.54, 1.807) is 24.3 Å². The number of carbonyl (C=O) groups is 3. The first-order valence-electron chi connectivity index (χ1n) is 8.45. The van der Waals surface area contributed by atoms with Crippen molar-refractivity contribution in [3.63, 3.8) is 0 Å². The van der Waals surface area contributed by atoms with Gasteiger partial charge in [0, 0.05) is 42.8 Å². The monoisotopic (exact) mass is 406 g/mol. The van der Waals surface area contributed by atoms with Gasteiger partial charge in [0.05, 0.1) is 11.4 Å². The van der Waals surface area contributed by atoms with E-state index in [4.69, 9.17) is 0 Å². The average molecular weight is 407 g/mol. The molecule has 0 bridgehead atoms. The highest BCUT2D eigenvalue weighted by molar-refractivity contribution is 7.15. The van der Waals surface area contributed by atoms with Gasteiger partial charge in [0.15, 0.2) is 5.13 Å². The summed E-state index contributed by atoms with van der Waals surface area (Å²) in [5.74, 6) is -0.765. The summed E-state index contributed by atoms with van der Waals surface area (Å²) >= 11 is 1.49. The fraction of sp³-hybridized carbons (Fsp3) is 0.333. The minimum absolute atomic E-state index is 0. The van der Waals surface area contributed by atoms with Crippen molar-refractivity contribution in [1.29, 1.82) is 0 Å². The maximum atomic E-state index is 12.6. The second-order valence-corrected chi connectivity index (χ2v) is 7.59. The van der Waals surface area contributed by atoms with Gasteiger partial charge < -0.3 is 4.90 Å². The quantitative estimate of drug-likeness (QED) is 0.792. The summed E-state index contributed by atoms with van der Waals surface area (Å²) in [6.45, 7) is 1.81. The van der Waals surface area contributed by atoms with Crippen LogP contribution in [0.5, 0.6) is 0 Å². The van der Waals surface area contributed by atoms with Gasteiger partial charge in [-0.05, 0) is 25.2 Å². The summed E-state index contributed by atoms with van der Waals surface area (Å²) in [4.78, 5) is 45.4. The van der Waals surface area contributed by atoms with E-state index in [2.05, 4.69) is 22.2 Å². The number of imide groups is 1. The number of nitrogens with zero attached hydrogens (tertiary/aromatic N) is 3. The molecule has 2 aromatic rings. The van der Waals surface area contributed by atoms with E-state index < -0.39 is 0 Å². The van der Waals surface area contributed by atoms with Gasteiger partial charge in [0.1, 0.15) is 0 Å². The van der Waals surface area contributed by atoms with Gasteiger partial charge in [-0.1, -0.05) is 6.07 Å². The second-order valence-electron chi connectivity index (χ2n) is 6.50. The smallest absolute Gasteiger partial charge is 0.257 e. The van der Waals surface area contributed by atoms with E-state index in [1.165, 1.54) is 16.2 Å². The van der Waals surface area contributed by atoms with Crippen molar-refractivity contribution in [2.75, 3.05) is 23.8 Å². The number of thiazole rings is 1. The number of rotatable bonds is 3. The van der Waals surface area contributed by atoms with Crippen LogP contribution in [0.1, 0.15) is 33.8 Å². The SMILES string of the molecule is CN1CCc2nc(NC(=O)c3cccc(N4C(=O)CCC4=O)c3)sc2C1.Cl. The van der Waals surface area contributed by atoms with Gasteiger partial charge >= 0.3 is 0 Å². The number of fused-ring (bicyclic) bond motifs is 1. The lowest BCUT2D eigenvalue weighted by atomic mass is 10.1. The van der Waals surface area contributed by atoms with Crippen molar-refractivity contribution in [3.05, 3.63) is 40.4 Å². The Morgan fingerprint density at radius 1 is 1.19 bits per heavy atom. The predicted molar refractivity (Wildman–Crippen MR) is 106 cm³/mol. The second kappa shape index (κ2) is 7.75. The number of halogens is 1. The maximum Gasteiger partial charge on any atom is 0.257 e. The molecule has 2 aliphatic rings. The molecule has 0 aliphatic carbocycles. The van der Waals surface area contributed by atoms with Crippen LogP contribution in [0.4, 0.5) is 10.8 Å². The van der Waals surface area contributed by atoms with Crippen molar-refractivity contribution in [3.8, 4) is 0 Å². The number of hydrogen-bond acceptors (Lipinski definition) is 6. The van der Waals surface area contributed by atoms with E-state index >= 15 is 0 Å². The summed E-state index contributed by atoms with van der Waals surface area (Å²) in [5.41, 5.74) is 1.87. The molecule has 1 aromatic carbocycles. The molecule has 9 heteroatoms. The first-order valence-corrected chi connectivity index (χ1v) is 9.27. The number of likely N-dealkylation sites (N-methyl/N-ethyl adjacent to an activating group) is 1. The van der Waals surface area contributed by atoms with Gasteiger partial charge in [-0.25, -0.2) is 4.98 Å². The van der Waals surface area contributed by atoms with Gasteiger partial charge in [-0.2, -0.15) is 0 Å². The predicted octanol–water partition coefficient (Wildman–Crippen LogP) is 2.46. The van der Waals surface area contributed by atoms with E-state index in [-0.39, 0.29) is 43.0 Å². The molecule has 0 saturated carbocycles. The minimum atomic E-state index is -0.301. The van der Waals surface area contributed by atoms with Crippen molar-refractivity contribution in [2.45, 2.75) is 25.8 Å². The van der Waals surface area contributed by atoms with Crippen LogP contribution in [0.25, 0.3) is 0 Å². The Morgan fingerprint density at radius 2 is 1.93 bits per heavy atom. The summed E-state index contributed by atoms with van der Waals surface area (Å²) in [5, 5.41) is 3.41. The molecule has 3 amide bonds. The molecule has 3 heterocycles. The molecule has 0 unspecified atom stereocenters.